The lowest BCUT2D eigenvalue weighted by molar-refractivity contribution is 0.246. The zero-order valence-electron chi connectivity index (χ0n) is 10.4. The highest BCUT2D eigenvalue weighted by Crippen LogP contribution is 2.21. The number of hydrogen-bond acceptors (Lipinski definition) is 3. The molecule has 0 aliphatic carbocycles. The lowest BCUT2D eigenvalue weighted by Gasteiger charge is -2.36. The second-order valence-electron chi connectivity index (χ2n) is 4.55. The Bertz CT molecular complexity index is 470. The van der Waals surface area contributed by atoms with E-state index in [-0.39, 0.29) is 18.0 Å². The third-order valence-corrected chi connectivity index (χ3v) is 3.48. The van der Waals surface area contributed by atoms with Crippen LogP contribution in [0.5, 0.6) is 0 Å². The molecule has 0 radical (unpaired) electrons. The topological polar surface area (TPSA) is 36.1 Å². The average Bonchev–Trinajstić information content (AvgIpc) is 2.48. The lowest BCUT2D eigenvalue weighted by Crippen LogP contribution is -2.56. The minimum atomic E-state index is -0.267. The van der Waals surface area contributed by atoms with Gasteiger partial charge >= 0.3 is 0 Å². The van der Waals surface area contributed by atoms with Gasteiger partial charge in [-0.1, -0.05) is 72.3 Å². The third kappa shape index (κ3) is 2.96. The van der Waals surface area contributed by atoms with Crippen molar-refractivity contribution in [1.29, 1.82) is 0 Å². The summed E-state index contributed by atoms with van der Waals surface area (Å²) in [5.74, 6) is 0. The van der Waals surface area contributed by atoms with Crippen LogP contribution in [0.2, 0.25) is 0 Å². The molecule has 4 heteroatoms. The van der Waals surface area contributed by atoms with E-state index in [2.05, 4.69) is 40.2 Å². The van der Waals surface area contributed by atoms with E-state index in [1.54, 1.807) is 0 Å². The van der Waals surface area contributed by atoms with Crippen LogP contribution in [0.25, 0.3) is 0 Å². The number of alkyl halides is 1. The molecule has 0 amide bonds. The van der Waals surface area contributed by atoms with Gasteiger partial charge in [-0.15, -0.1) is 0 Å². The Morgan fingerprint density at radius 1 is 0.632 bits per heavy atom. The van der Waals surface area contributed by atoms with Gasteiger partial charge in [0.1, 0.15) is 5.62 Å². The molecule has 1 aliphatic rings. The van der Waals surface area contributed by atoms with E-state index in [4.69, 9.17) is 11.6 Å². The summed E-state index contributed by atoms with van der Waals surface area (Å²) in [6.07, 6.45) is 0.0744. The molecular formula is C15H16ClN3. The van der Waals surface area contributed by atoms with E-state index < -0.39 is 0 Å². The second-order valence-corrected chi connectivity index (χ2v) is 4.99. The first-order valence-corrected chi connectivity index (χ1v) is 6.79. The van der Waals surface area contributed by atoms with Crippen LogP contribution in [0.15, 0.2) is 60.7 Å². The Balaban J connectivity index is 1.82. The van der Waals surface area contributed by atoms with Crippen LogP contribution < -0.4 is 16.0 Å². The molecule has 0 spiro atoms. The molecule has 1 heterocycles. The molecule has 1 saturated heterocycles. The number of hydrogen-bond donors (Lipinski definition) is 3. The van der Waals surface area contributed by atoms with Crippen molar-refractivity contribution >= 4 is 11.6 Å². The highest BCUT2D eigenvalue weighted by molar-refractivity contribution is 6.20. The third-order valence-electron chi connectivity index (χ3n) is 3.23. The Kier molecular flexibility index (Phi) is 3.80. The van der Waals surface area contributed by atoms with Crippen molar-refractivity contribution in [2.24, 2.45) is 0 Å². The maximum absolute atomic E-state index is 6.24. The van der Waals surface area contributed by atoms with Gasteiger partial charge in [0.2, 0.25) is 0 Å². The number of nitrogens with one attached hydrogen (secondary N) is 3. The van der Waals surface area contributed by atoms with Gasteiger partial charge in [0.05, 0.1) is 12.3 Å². The molecule has 2 aromatic carbocycles. The van der Waals surface area contributed by atoms with Crippen molar-refractivity contribution < 1.29 is 0 Å². The molecule has 98 valence electrons. The monoisotopic (exact) mass is 273 g/mol. The predicted octanol–water partition coefficient (Wildman–Crippen LogP) is 2.69. The van der Waals surface area contributed by atoms with Crippen molar-refractivity contribution in [3.05, 3.63) is 71.8 Å². The summed E-state index contributed by atoms with van der Waals surface area (Å²) in [6.45, 7) is 0. The Hall–Kier alpha value is -1.39. The van der Waals surface area contributed by atoms with Crippen molar-refractivity contribution in [1.82, 2.24) is 16.0 Å². The van der Waals surface area contributed by atoms with Crippen LogP contribution >= 0.6 is 11.6 Å². The maximum Gasteiger partial charge on any atom is 0.138 e. The predicted molar refractivity (Wildman–Crippen MR) is 77.4 cm³/mol. The normalized spacial score (nSPS) is 27.1. The molecule has 0 aromatic heterocycles. The first kappa shape index (κ1) is 12.6. The van der Waals surface area contributed by atoms with Crippen molar-refractivity contribution in [3.63, 3.8) is 0 Å². The SMILES string of the molecule is ClC1NC(c2ccccc2)NC(c2ccccc2)N1. The highest BCUT2D eigenvalue weighted by Gasteiger charge is 2.26. The number of rotatable bonds is 2. The van der Waals surface area contributed by atoms with Crippen molar-refractivity contribution in [3.8, 4) is 0 Å². The molecule has 0 bridgehead atoms. The van der Waals surface area contributed by atoms with Crippen molar-refractivity contribution in [2.75, 3.05) is 0 Å². The van der Waals surface area contributed by atoms with Gasteiger partial charge in [-0.05, 0) is 11.1 Å². The molecule has 2 atom stereocenters. The van der Waals surface area contributed by atoms with Crippen LogP contribution in [0.1, 0.15) is 23.5 Å². The Morgan fingerprint density at radius 2 is 1.05 bits per heavy atom. The fourth-order valence-electron chi connectivity index (χ4n) is 2.28. The zero-order chi connectivity index (χ0) is 13.1. The van der Waals surface area contributed by atoms with E-state index in [0.717, 1.165) is 0 Å². The molecule has 0 saturated carbocycles. The van der Waals surface area contributed by atoms with Gasteiger partial charge in [0.15, 0.2) is 0 Å². The number of halogens is 1. The second kappa shape index (κ2) is 5.72. The highest BCUT2D eigenvalue weighted by atomic mass is 35.5. The van der Waals surface area contributed by atoms with Crippen LogP contribution in [0.3, 0.4) is 0 Å². The summed E-state index contributed by atoms with van der Waals surface area (Å²) < 4.78 is 0. The quantitative estimate of drug-likeness (QED) is 0.582. The van der Waals surface area contributed by atoms with Crippen LogP contribution in [0, 0.1) is 0 Å². The molecule has 2 aromatic rings. The minimum absolute atomic E-state index is 0.0372. The average molecular weight is 274 g/mol. The van der Waals surface area contributed by atoms with Crippen molar-refractivity contribution in [2.45, 2.75) is 18.0 Å². The van der Waals surface area contributed by atoms with Crippen LogP contribution in [0.4, 0.5) is 0 Å². The summed E-state index contributed by atoms with van der Waals surface area (Å²) >= 11 is 6.24. The maximum atomic E-state index is 6.24. The zero-order valence-corrected chi connectivity index (χ0v) is 11.1. The fraction of sp³-hybridized carbons (Fsp3) is 0.200. The van der Waals surface area contributed by atoms with E-state index in [9.17, 15) is 0 Å². The summed E-state index contributed by atoms with van der Waals surface area (Å²) in [5.41, 5.74) is 2.09. The van der Waals surface area contributed by atoms with E-state index in [0.29, 0.717) is 0 Å². The van der Waals surface area contributed by atoms with E-state index >= 15 is 0 Å². The molecule has 3 N–H and O–H groups in total. The van der Waals surface area contributed by atoms with Gasteiger partial charge in [-0.2, -0.15) is 0 Å². The van der Waals surface area contributed by atoms with E-state index in [1.807, 2.05) is 36.4 Å². The van der Waals surface area contributed by atoms with Gasteiger partial charge in [0.25, 0.3) is 0 Å². The molecule has 1 aliphatic heterocycles. The van der Waals surface area contributed by atoms with E-state index in [1.165, 1.54) is 11.1 Å². The molecule has 3 rings (SSSR count). The standard InChI is InChI=1S/C15H16ClN3/c16-15-18-13(11-7-3-1-4-8-11)17-14(19-15)12-9-5-2-6-10-12/h1-10,13-15,17-19H. The molecule has 3 nitrogen and oxygen atoms in total. The lowest BCUT2D eigenvalue weighted by atomic mass is 10.1. The van der Waals surface area contributed by atoms with Gasteiger partial charge in [-0.25, -0.2) is 0 Å². The first-order valence-electron chi connectivity index (χ1n) is 6.35. The molecule has 2 unspecified atom stereocenters. The van der Waals surface area contributed by atoms with Gasteiger partial charge < -0.3 is 0 Å². The molecule has 1 fully saturated rings. The fourth-order valence-corrected chi connectivity index (χ4v) is 2.53. The Morgan fingerprint density at radius 3 is 1.47 bits per heavy atom. The summed E-state index contributed by atoms with van der Waals surface area (Å²) in [7, 11) is 0. The van der Waals surface area contributed by atoms with Gasteiger partial charge in [0, 0.05) is 0 Å². The number of benzene rings is 2. The Labute approximate surface area is 118 Å². The first-order chi connectivity index (χ1) is 9.33. The summed E-state index contributed by atoms with van der Waals surface area (Å²) in [6, 6.07) is 20.5. The summed E-state index contributed by atoms with van der Waals surface area (Å²) in [4.78, 5) is 0. The summed E-state index contributed by atoms with van der Waals surface area (Å²) in [5, 5.41) is 10.1. The minimum Gasteiger partial charge on any atom is -0.279 e. The molecule has 19 heavy (non-hydrogen) atoms. The van der Waals surface area contributed by atoms with Crippen LogP contribution in [-0.2, 0) is 0 Å². The smallest absolute Gasteiger partial charge is 0.138 e. The molecular weight excluding hydrogens is 258 g/mol. The van der Waals surface area contributed by atoms with Crippen LogP contribution in [-0.4, -0.2) is 5.62 Å². The largest absolute Gasteiger partial charge is 0.279 e. The van der Waals surface area contributed by atoms with Gasteiger partial charge in [-0.3, -0.25) is 16.0 Å².